The van der Waals surface area contributed by atoms with Gasteiger partial charge >= 0.3 is 0 Å². The number of carbonyl (C=O) groups excluding carboxylic acids is 2. The van der Waals surface area contributed by atoms with Crippen molar-refractivity contribution in [3.05, 3.63) is 87.4 Å². The minimum absolute atomic E-state index is 0.00321. The van der Waals surface area contributed by atoms with Crippen LogP contribution in [0.25, 0.3) is 0 Å². The monoisotopic (exact) mass is 406 g/mol. The van der Waals surface area contributed by atoms with Gasteiger partial charge in [0.05, 0.1) is 5.16 Å². The van der Waals surface area contributed by atoms with Crippen LogP contribution in [0, 0.1) is 5.21 Å². The van der Waals surface area contributed by atoms with E-state index in [4.69, 9.17) is 0 Å². The summed E-state index contributed by atoms with van der Waals surface area (Å²) in [5, 5.41) is 15.7. The van der Waals surface area contributed by atoms with Crippen molar-refractivity contribution < 1.29 is 19.1 Å². The van der Waals surface area contributed by atoms with Gasteiger partial charge in [0.15, 0.2) is 0 Å². The molecule has 156 valence electrons. The van der Waals surface area contributed by atoms with Crippen LogP contribution >= 0.6 is 0 Å². The lowest BCUT2D eigenvalue weighted by atomic mass is 9.86. The maximum Gasteiger partial charge on any atom is 0.300 e. The van der Waals surface area contributed by atoms with Gasteiger partial charge in [-0.15, -0.1) is 0 Å². The van der Waals surface area contributed by atoms with Crippen LogP contribution in [0.15, 0.2) is 53.2 Å². The van der Waals surface area contributed by atoms with E-state index in [1.807, 2.05) is 24.3 Å². The largest absolute Gasteiger partial charge is 0.359 e. The van der Waals surface area contributed by atoms with Gasteiger partial charge in [-0.1, -0.05) is 90.1 Å². The van der Waals surface area contributed by atoms with Gasteiger partial charge in [-0.25, -0.2) is 0 Å². The maximum atomic E-state index is 13.0. The van der Waals surface area contributed by atoms with E-state index in [9.17, 15) is 14.8 Å². The van der Waals surface area contributed by atoms with Gasteiger partial charge in [0.25, 0.3) is 11.4 Å². The van der Waals surface area contributed by atoms with Crippen LogP contribution in [0.5, 0.6) is 0 Å². The number of carbonyl (C=O) groups is 2. The summed E-state index contributed by atoms with van der Waals surface area (Å²) in [6.07, 6.45) is 0. The number of nitrogens with zero attached hydrogens (tertiary/aromatic N) is 2. The summed E-state index contributed by atoms with van der Waals surface area (Å²) in [6.45, 7) is 12.4. The average Bonchev–Trinajstić information content (AvgIpc) is 3.07. The Hall–Kier alpha value is -3.28. The summed E-state index contributed by atoms with van der Waals surface area (Å²) in [4.78, 5) is 25.9. The summed E-state index contributed by atoms with van der Waals surface area (Å²) >= 11 is 0. The van der Waals surface area contributed by atoms with Crippen molar-refractivity contribution in [1.29, 1.82) is 0 Å². The molecule has 30 heavy (non-hydrogen) atoms. The number of ketones is 2. The molecule has 0 radical (unpaired) electrons. The lowest BCUT2D eigenvalue weighted by Gasteiger charge is -2.19. The van der Waals surface area contributed by atoms with Crippen LogP contribution in [0.3, 0.4) is 0 Å². The molecule has 0 fully saturated rings. The molecule has 2 aromatic carbocycles. The van der Waals surface area contributed by atoms with Crippen LogP contribution in [-0.2, 0) is 10.8 Å². The van der Waals surface area contributed by atoms with Crippen LogP contribution in [-0.4, -0.2) is 16.7 Å². The summed E-state index contributed by atoms with van der Waals surface area (Å²) in [5.74, 6) is -1.15. The van der Waals surface area contributed by atoms with E-state index in [1.54, 1.807) is 24.3 Å². The first-order chi connectivity index (χ1) is 13.9. The first kappa shape index (κ1) is 21.4. The zero-order valence-corrected chi connectivity index (χ0v) is 18.1. The molecule has 0 aliphatic carbocycles. The van der Waals surface area contributed by atoms with Gasteiger partial charge in [0.2, 0.25) is 11.6 Å². The highest BCUT2D eigenvalue weighted by Gasteiger charge is 2.33. The van der Waals surface area contributed by atoms with Gasteiger partial charge in [-0.3, -0.25) is 14.2 Å². The van der Waals surface area contributed by atoms with E-state index in [1.165, 1.54) is 0 Å². The van der Waals surface area contributed by atoms with E-state index in [2.05, 4.69) is 51.3 Å². The second kappa shape index (κ2) is 7.52. The zero-order chi connectivity index (χ0) is 22.3. The number of rotatable bonds is 4. The quantitative estimate of drug-likeness (QED) is 0.474. The molecule has 0 spiro atoms. The van der Waals surface area contributed by atoms with Gasteiger partial charge in [-0.2, -0.15) is 0 Å². The van der Waals surface area contributed by atoms with E-state index >= 15 is 0 Å². The molecular weight excluding hydrogens is 380 g/mol. The van der Waals surface area contributed by atoms with Crippen LogP contribution in [0.4, 0.5) is 0 Å². The van der Waals surface area contributed by atoms with Crippen molar-refractivity contribution in [3.8, 4) is 0 Å². The lowest BCUT2D eigenvalue weighted by Crippen LogP contribution is -2.33. The Morgan fingerprint density at radius 2 is 1.17 bits per heavy atom. The standard InChI is InChI=1S/C24H26N2O4/c1-23(2,3)17-11-7-15(8-12-17)21(27)19-20(26(29)30-25-19)22(28)16-9-13-18(14-10-16)24(4,5)6/h7-14H,1-6H3. The summed E-state index contributed by atoms with van der Waals surface area (Å²) < 4.78 is 4.61. The SMILES string of the molecule is CC(C)(C)c1ccc(C(=O)c2no[n+]([O-])c2C(=O)c2ccc(C(C)(C)C)cc2)cc1. The molecule has 0 atom stereocenters. The fourth-order valence-corrected chi connectivity index (χ4v) is 3.10. The highest BCUT2D eigenvalue weighted by molar-refractivity contribution is 6.16. The lowest BCUT2D eigenvalue weighted by molar-refractivity contribution is -0.803. The minimum atomic E-state index is -0.610. The van der Waals surface area contributed by atoms with Crippen LogP contribution in [0.1, 0.15) is 84.8 Å². The second-order valence-electron chi connectivity index (χ2n) is 9.44. The number of benzene rings is 2. The Morgan fingerprint density at radius 3 is 1.57 bits per heavy atom. The molecule has 1 aromatic heterocycles. The predicted octanol–water partition coefficient (Wildman–Crippen LogP) is 4.37. The Kier molecular flexibility index (Phi) is 5.37. The average molecular weight is 406 g/mol. The van der Waals surface area contributed by atoms with E-state index < -0.39 is 17.3 Å². The smallest absolute Gasteiger partial charge is 0.300 e. The van der Waals surface area contributed by atoms with Crippen molar-refractivity contribution in [2.24, 2.45) is 0 Å². The minimum Gasteiger partial charge on any atom is -0.359 e. The second-order valence-corrected chi connectivity index (χ2v) is 9.44. The van der Waals surface area contributed by atoms with Gasteiger partial charge in [0, 0.05) is 11.1 Å². The molecule has 0 amide bonds. The third-order valence-electron chi connectivity index (χ3n) is 5.07. The van der Waals surface area contributed by atoms with Crippen molar-refractivity contribution in [1.82, 2.24) is 5.16 Å². The Balaban J connectivity index is 1.94. The number of aromatic nitrogens is 2. The normalized spacial score (nSPS) is 12.1. The predicted molar refractivity (Wildman–Crippen MR) is 113 cm³/mol. The number of hydrogen-bond acceptors (Lipinski definition) is 5. The van der Waals surface area contributed by atoms with E-state index in [0.29, 0.717) is 5.56 Å². The first-order valence-corrected chi connectivity index (χ1v) is 9.80. The third-order valence-corrected chi connectivity index (χ3v) is 5.07. The van der Waals surface area contributed by atoms with E-state index in [0.717, 1.165) is 11.1 Å². The molecule has 0 saturated carbocycles. The summed E-state index contributed by atoms with van der Waals surface area (Å²) in [6, 6.07) is 14.0. The fraction of sp³-hybridized carbons (Fsp3) is 0.333. The zero-order valence-electron chi connectivity index (χ0n) is 18.1. The topological polar surface area (TPSA) is 87.1 Å². The summed E-state index contributed by atoms with van der Waals surface area (Å²) in [7, 11) is 0. The molecule has 6 heteroatoms. The molecule has 3 rings (SSSR count). The van der Waals surface area contributed by atoms with Crippen molar-refractivity contribution >= 4 is 11.6 Å². The molecule has 3 aromatic rings. The molecule has 0 unspecified atom stereocenters. The molecule has 0 N–H and O–H groups in total. The molecule has 0 bridgehead atoms. The molecule has 0 aliphatic heterocycles. The van der Waals surface area contributed by atoms with Gasteiger partial charge in [-0.05, 0) is 26.9 Å². The molecule has 0 saturated heterocycles. The molecule has 6 nitrogen and oxygen atoms in total. The third kappa shape index (κ3) is 4.17. The Bertz CT molecular complexity index is 1080. The van der Waals surface area contributed by atoms with Gasteiger partial charge < -0.3 is 5.21 Å². The van der Waals surface area contributed by atoms with Crippen LogP contribution < -0.4 is 4.90 Å². The fourth-order valence-electron chi connectivity index (χ4n) is 3.10. The van der Waals surface area contributed by atoms with Gasteiger partial charge in [0.1, 0.15) is 0 Å². The van der Waals surface area contributed by atoms with E-state index in [-0.39, 0.29) is 27.0 Å². The maximum absolute atomic E-state index is 13.0. The van der Waals surface area contributed by atoms with Crippen LogP contribution in [0.2, 0.25) is 0 Å². The highest BCUT2D eigenvalue weighted by Crippen LogP contribution is 2.25. The summed E-state index contributed by atoms with van der Waals surface area (Å²) in [5.41, 5.74) is 1.89. The van der Waals surface area contributed by atoms with Crippen molar-refractivity contribution in [3.63, 3.8) is 0 Å². The van der Waals surface area contributed by atoms with Crippen molar-refractivity contribution in [2.45, 2.75) is 52.4 Å². The molecule has 1 heterocycles. The molecular formula is C24H26N2O4. The Morgan fingerprint density at radius 1 is 0.767 bits per heavy atom. The number of hydrogen-bond donors (Lipinski definition) is 0. The Labute approximate surface area is 176 Å². The molecule has 0 aliphatic rings. The highest BCUT2D eigenvalue weighted by atomic mass is 16.8. The first-order valence-electron chi connectivity index (χ1n) is 9.80. The van der Waals surface area contributed by atoms with Crippen molar-refractivity contribution in [2.75, 3.05) is 0 Å².